The van der Waals surface area contributed by atoms with Crippen LogP contribution in [0.2, 0.25) is 0 Å². The van der Waals surface area contributed by atoms with Crippen LogP contribution in [0.15, 0.2) is 41.1 Å². The molecular formula is C17H22N2O2. The van der Waals surface area contributed by atoms with Crippen molar-refractivity contribution in [1.82, 2.24) is 9.88 Å². The summed E-state index contributed by atoms with van der Waals surface area (Å²) in [6, 6.07) is 8.65. The van der Waals surface area contributed by atoms with Crippen LogP contribution in [0.25, 0.3) is 0 Å². The van der Waals surface area contributed by atoms with Gasteiger partial charge in [0.1, 0.15) is 11.5 Å². The predicted molar refractivity (Wildman–Crippen MR) is 81.0 cm³/mol. The van der Waals surface area contributed by atoms with Crippen molar-refractivity contribution in [2.24, 2.45) is 0 Å². The summed E-state index contributed by atoms with van der Waals surface area (Å²) in [5, 5.41) is 0. The Morgan fingerprint density at radius 3 is 2.76 bits per heavy atom. The van der Waals surface area contributed by atoms with Gasteiger partial charge < -0.3 is 9.15 Å². The number of furan rings is 1. The highest BCUT2D eigenvalue weighted by Crippen LogP contribution is 2.26. The molecule has 1 aliphatic rings. The lowest BCUT2D eigenvalue weighted by Gasteiger charge is -2.27. The van der Waals surface area contributed by atoms with E-state index in [2.05, 4.69) is 28.1 Å². The van der Waals surface area contributed by atoms with Crippen molar-refractivity contribution in [3.63, 3.8) is 0 Å². The molecule has 0 saturated carbocycles. The van der Waals surface area contributed by atoms with Crippen LogP contribution in [0.4, 0.5) is 0 Å². The molecule has 2 atom stereocenters. The lowest BCUT2D eigenvalue weighted by atomic mass is 10.0. The van der Waals surface area contributed by atoms with E-state index in [1.807, 2.05) is 32.5 Å². The Balaban J connectivity index is 1.72. The first kappa shape index (κ1) is 14.3. The normalized spacial score (nSPS) is 22.8. The second kappa shape index (κ2) is 6.41. The molecule has 0 bridgehead atoms. The van der Waals surface area contributed by atoms with Crippen molar-refractivity contribution < 1.29 is 9.15 Å². The Bertz CT molecular complexity index is 567. The lowest BCUT2D eigenvalue weighted by molar-refractivity contribution is 0.0620. The largest absolute Gasteiger partial charge is 0.465 e. The Morgan fingerprint density at radius 2 is 2.10 bits per heavy atom. The quantitative estimate of drug-likeness (QED) is 0.847. The Morgan fingerprint density at radius 1 is 1.29 bits per heavy atom. The summed E-state index contributed by atoms with van der Waals surface area (Å²) in [7, 11) is 1.81. The van der Waals surface area contributed by atoms with Crippen LogP contribution in [0, 0.1) is 6.92 Å². The number of pyridine rings is 1. The second-order valence-electron chi connectivity index (χ2n) is 5.67. The highest BCUT2D eigenvalue weighted by molar-refractivity contribution is 5.14. The van der Waals surface area contributed by atoms with Gasteiger partial charge in [-0.05, 0) is 49.6 Å². The van der Waals surface area contributed by atoms with Crippen LogP contribution >= 0.6 is 0 Å². The van der Waals surface area contributed by atoms with Crippen LogP contribution in [0.1, 0.15) is 23.5 Å². The minimum absolute atomic E-state index is 0.286. The molecule has 2 aromatic rings. The van der Waals surface area contributed by atoms with Gasteiger partial charge in [-0.15, -0.1) is 0 Å². The molecule has 1 fully saturated rings. The number of ether oxygens (including phenoxy) is 1. The van der Waals surface area contributed by atoms with E-state index in [0.717, 1.165) is 37.5 Å². The van der Waals surface area contributed by atoms with Crippen molar-refractivity contribution in [2.45, 2.75) is 38.5 Å². The summed E-state index contributed by atoms with van der Waals surface area (Å²) in [5.74, 6) is 2.00. The fourth-order valence-corrected chi connectivity index (χ4v) is 3.15. The second-order valence-corrected chi connectivity index (χ2v) is 5.67. The van der Waals surface area contributed by atoms with Crippen molar-refractivity contribution in [2.75, 3.05) is 13.7 Å². The van der Waals surface area contributed by atoms with Crippen LogP contribution in [-0.4, -0.2) is 35.7 Å². The molecule has 2 aromatic heterocycles. The van der Waals surface area contributed by atoms with E-state index in [4.69, 9.17) is 9.15 Å². The molecule has 0 N–H and O–H groups in total. The molecule has 0 aromatic carbocycles. The Kier molecular flexibility index (Phi) is 4.36. The number of hydrogen-bond acceptors (Lipinski definition) is 4. The maximum absolute atomic E-state index is 5.72. The smallest absolute Gasteiger partial charge is 0.118 e. The SMILES string of the molecule is CO[C@@H]1CCN(Cc2ccc(C)o2)[C@H]1Cc1ccncc1. The van der Waals surface area contributed by atoms with E-state index >= 15 is 0 Å². The van der Waals surface area contributed by atoms with Gasteiger partial charge in [0.25, 0.3) is 0 Å². The van der Waals surface area contributed by atoms with Gasteiger partial charge in [0, 0.05) is 32.1 Å². The zero-order chi connectivity index (χ0) is 14.7. The van der Waals surface area contributed by atoms with Gasteiger partial charge in [-0.3, -0.25) is 9.88 Å². The summed E-state index contributed by atoms with van der Waals surface area (Å²) < 4.78 is 11.4. The molecule has 4 nitrogen and oxygen atoms in total. The van der Waals surface area contributed by atoms with Gasteiger partial charge in [-0.25, -0.2) is 0 Å². The molecule has 0 aliphatic carbocycles. The molecule has 0 amide bonds. The average molecular weight is 286 g/mol. The monoisotopic (exact) mass is 286 g/mol. The standard InChI is InChI=1S/C17H22N2O2/c1-13-3-4-15(21-13)12-19-10-7-17(20-2)16(19)11-14-5-8-18-9-6-14/h3-6,8-9,16-17H,7,10-12H2,1-2H3/t16-,17+/m0/s1. The number of aromatic nitrogens is 1. The summed E-state index contributed by atoms with van der Waals surface area (Å²) >= 11 is 0. The minimum atomic E-state index is 0.286. The fourth-order valence-electron chi connectivity index (χ4n) is 3.15. The molecule has 1 saturated heterocycles. The predicted octanol–water partition coefficient (Wildman–Crippen LogP) is 2.82. The minimum Gasteiger partial charge on any atom is -0.465 e. The third kappa shape index (κ3) is 3.34. The van der Waals surface area contributed by atoms with Crippen LogP contribution < -0.4 is 0 Å². The third-order valence-electron chi connectivity index (χ3n) is 4.25. The number of aryl methyl sites for hydroxylation is 1. The summed E-state index contributed by atoms with van der Waals surface area (Å²) in [4.78, 5) is 6.55. The van der Waals surface area contributed by atoms with E-state index in [1.165, 1.54) is 5.56 Å². The van der Waals surface area contributed by atoms with Gasteiger partial charge in [0.2, 0.25) is 0 Å². The summed E-state index contributed by atoms with van der Waals surface area (Å²) in [6.07, 6.45) is 6.06. The van der Waals surface area contributed by atoms with E-state index < -0.39 is 0 Å². The molecule has 112 valence electrons. The molecule has 0 unspecified atom stereocenters. The van der Waals surface area contributed by atoms with E-state index in [-0.39, 0.29) is 6.10 Å². The number of methoxy groups -OCH3 is 1. The van der Waals surface area contributed by atoms with Crippen molar-refractivity contribution >= 4 is 0 Å². The van der Waals surface area contributed by atoms with Crippen LogP contribution in [0.5, 0.6) is 0 Å². The first-order chi connectivity index (χ1) is 10.3. The maximum Gasteiger partial charge on any atom is 0.118 e. The van der Waals surface area contributed by atoms with E-state index in [1.54, 1.807) is 0 Å². The Labute approximate surface area is 125 Å². The summed E-state index contributed by atoms with van der Waals surface area (Å²) in [5.41, 5.74) is 1.31. The van der Waals surface area contributed by atoms with Crippen LogP contribution in [0.3, 0.4) is 0 Å². The average Bonchev–Trinajstić information content (AvgIpc) is 3.08. The highest BCUT2D eigenvalue weighted by atomic mass is 16.5. The number of nitrogens with zero attached hydrogens (tertiary/aromatic N) is 2. The van der Waals surface area contributed by atoms with Gasteiger partial charge in [-0.2, -0.15) is 0 Å². The molecule has 1 aliphatic heterocycles. The fraction of sp³-hybridized carbons (Fsp3) is 0.471. The number of rotatable bonds is 5. The van der Waals surface area contributed by atoms with Gasteiger partial charge in [0.15, 0.2) is 0 Å². The Hall–Kier alpha value is -1.65. The molecule has 4 heteroatoms. The third-order valence-corrected chi connectivity index (χ3v) is 4.25. The van der Waals surface area contributed by atoms with Crippen molar-refractivity contribution in [1.29, 1.82) is 0 Å². The molecule has 21 heavy (non-hydrogen) atoms. The molecule has 3 heterocycles. The molecule has 3 rings (SSSR count). The molecule has 0 spiro atoms. The number of hydrogen-bond donors (Lipinski definition) is 0. The van der Waals surface area contributed by atoms with Gasteiger partial charge >= 0.3 is 0 Å². The topological polar surface area (TPSA) is 38.5 Å². The van der Waals surface area contributed by atoms with E-state index in [0.29, 0.717) is 6.04 Å². The first-order valence-corrected chi connectivity index (χ1v) is 7.47. The number of likely N-dealkylation sites (tertiary alicyclic amines) is 1. The zero-order valence-electron chi connectivity index (χ0n) is 12.7. The maximum atomic E-state index is 5.72. The molecular weight excluding hydrogens is 264 g/mol. The first-order valence-electron chi connectivity index (χ1n) is 7.47. The van der Waals surface area contributed by atoms with Gasteiger partial charge in [-0.1, -0.05) is 0 Å². The summed E-state index contributed by atoms with van der Waals surface area (Å²) in [6.45, 7) is 3.89. The van der Waals surface area contributed by atoms with Crippen molar-refractivity contribution in [3.05, 3.63) is 53.7 Å². The van der Waals surface area contributed by atoms with Crippen LogP contribution in [-0.2, 0) is 17.7 Å². The molecule has 0 radical (unpaired) electrons. The van der Waals surface area contributed by atoms with Gasteiger partial charge in [0.05, 0.1) is 12.6 Å². The van der Waals surface area contributed by atoms with Crippen molar-refractivity contribution in [3.8, 4) is 0 Å². The lowest BCUT2D eigenvalue weighted by Crippen LogP contribution is -2.37. The zero-order valence-corrected chi connectivity index (χ0v) is 12.7. The van der Waals surface area contributed by atoms with E-state index in [9.17, 15) is 0 Å². The highest BCUT2D eigenvalue weighted by Gasteiger charge is 2.34.